The van der Waals surface area contributed by atoms with Crippen molar-refractivity contribution < 1.29 is 32.2 Å². The highest BCUT2D eigenvalue weighted by atomic mass is 19.4. The van der Waals surface area contributed by atoms with Gasteiger partial charge in [-0.05, 0) is 23.8 Å². The van der Waals surface area contributed by atoms with Crippen LogP contribution >= 0.6 is 0 Å². The maximum Gasteiger partial charge on any atom is 0.416 e. The molecule has 0 bridgehead atoms. The quantitative estimate of drug-likeness (QED) is 0.765. The average Bonchev–Trinajstić information content (AvgIpc) is 2.63. The van der Waals surface area contributed by atoms with Crippen molar-refractivity contribution in [1.29, 1.82) is 0 Å². The fourth-order valence-electron chi connectivity index (χ4n) is 1.94. The zero-order valence-corrected chi connectivity index (χ0v) is 13.6. The molecule has 0 radical (unpaired) electrons. The summed E-state index contributed by atoms with van der Waals surface area (Å²) in [4.78, 5) is 23.1. The topological polar surface area (TPSA) is 64.6 Å². The molecule has 0 heterocycles. The van der Waals surface area contributed by atoms with E-state index in [1.807, 2.05) is 30.3 Å². The summed E-state index contributed by atoms with van der Waals surface area (Å²) < 4.78 is 47.4. The number of rotatable bonds is 7. The van der Waals surface area contributed by atoms with Crippen LogP contribution in [0.3, 0.4) is 0 Å². The summed E-state index contributed by atoms with van der Waals surface area (Å²) in [5, 5.41) is 2.57. The molecule has 0 aliphatic rings. The molecule has 1 amide bonds. The van der Waals surface area contributed by atoms with Gasteiger partial charge in [-0.1, -0.05) is 36.4 Å². The van der Waals surface area contributed by atoms with E-state index in [0.717, 1.165) is 17.7 Å². The van der Waals surface area contributed by atoms with Crippen molar-refractivity contribution in [1.82, 2.24) is 5.32 Å². The number of carbonyl (C=O) groups is 2. The van der Waals surface area contributed by atoms with Gasteiger partial charge in [-0.2, -0.15) is 13.2 Å². The van der Waals surface area contributed by atoms with Gasteiger partial charge in [-0.3, -0.25) is 4.79 Å². The minimum Gasteiger partial charge on any atom is -0.482 e. The Morgan fingerprint density at radius 1 is 0.962 bits per heavy atom. The van der Waals surface area contributed by atoms with E-state index in [0.29, 0.717) is 0 Å². The van der Waals surface area contributed by atoms with E-state index >= 15 is 0 Å². The molecule has 0 aromatic heterocycles. The van der Waals surface area contributed by atoms with Gasteiger partial charge in [0.1, 0.15) is 5.75 Å². The van der Waals surface area contributed by atoms with E-state index in [1.165, 1.54) is 12.1 Å². The first kappa shape index (κ1) is 19.3. The van der Waals surface area contributed by atoms with Crippen LogP contribution in [0, 0.1) is 0 Å². The number of ether oxygens (including phenoxy) is 2. The van der Waals surface area contributed by atoms with Crippen LogP contribution in [0.5, 0.6) is 5.75 Å². The Labute approximate surface area is 147 Å². The fourth-order valence-corrected chi connectivity index (χ4v) is 1.94. The average molecular weight is 367 g/mol. The highest BCUT2D eigenvalue weighted by Gasteiger charge is 2.30. The molecule has 5 nitrogen and oxygen atoms in total. The van der Waals surface area contributed by atoms with Crippen molar-refractivity contribution in [3.63, 3.8) is 0 Å². The summed E-state index contributed by atoms with van der Waals surface area (Å²) in [6.07, 6.45) is -4.50. The van der Waals surface area contributed by atoms with E-state index < -0.39 is 36.8 Å². The van der Waals surface area contributed by atoms with Crippen LogP contribution in [-0.4, -0.2) is 25.1 Å². The first-order valence-electron chi connectivity index (χ1n) is 7.61. The Kier molecular flexibility index (Phi) is 6.60. The molecule has 138 valence electrons. The lowest BCUT2D eigenvalue weighted by molar-refractivity contribution is -0.150. The number of carbonyl (C=O) groups excluding carboxylic acids is 2. The van der Waals surface area contributed by atoms with Crippen molar-refractivity contribution in [2.45, 2.75) is 12.7 Å². The Hall–Kier alpha value is -3.03. The predicted octanol–water partition coefficient (Wildman–Crippen LogP) is 2.94. The standard InChI is InChI=1S/C18H16F3NO4/c19-18(20,21)14-7-4-8-15(9-14)25-12-17(24)26-11-16(23)22-10-13-5-2-1-3-6-13/h1-9H,10-12H2,(H,22,23). The molecule has 0 saturated heterocycles. The van der Waals surface area contributed by atoms with Gasteiger partial charge in [0.05, 0.1) is 5.56 Å². The molecule has 0 fully saturated rings. The Morgan fingerprint density at radius 3 is 2.38 bits per heavy atom. The molecule has 2 rings (SSSR count). The van der Waals surface area contributed by atoms with Gasteiger partial charge in [0, 0.05) is 6.54 Å². The van der Waals surface area contributed by atoms with E-state index in [-0.39, 0.29) is 12.3 Å². The molecule has 0 unspecified atom stereocenters. The molecule has 2 aromatic rings. The first-order chi connectivity index (χ1) is 12.3. The molecule has 1 N–H and O–H groups in total. The second-order valence-corrected chi connectivity index (χ2v) is 5.24. The minimum absolute atomic E-state index is 0.120. The van der Waals surface area contributed by atoms with Crippen molar-refractivity contribution in [3.8, 4) is 5.75 Å². The maximum absolute atomic E-state index is 12.6. The molecule has 8 heteroatoms. The maximum atomic E-state index is 12.6. The van der Waals surface area contributed by atoms with Crippen molar-refractivity contribution in [2.24, 2.45) is 0 Å². The monoisotopic (exact) mass is 367 g/mol. The normalized spacial score (nSPS) is 10.9. The Balaban J connectivity index is 1.71. The molecule has 26 heavy (non-hydrogen) atoms. The fraction of sp³-hybridized carbons (Fsp3) is 0.222. The summed E-state index contributed by atoms with van der Waals surface area (Å²) >= 11 is 0. The highest BCUT2D eigenvalue weighted by molar-refractivity contribution is 5.80. The van der Waals surface area contributed by atoms with E-state index in [4.69, 9.17) is 9.47 Å². The van der Waals surface area contributed by atoms with Gasteiger partial charge in [0.15, 0.2) is 13.2 Å². The molecule has 0 aliphatic carbocycles. The van der Waals surface area contributed by atoms with Crippen molar-refractivity contribution in [3.05, 3.63) is 65.7 Å². The van der Waals surface area contributed by atoms with Crippen LogP contribution in [-0.2, 0) is 27.0 Å². The summed E-state index contributed by atoms with van der Waals surface area (Å²) in [5.74, 6) is -1.48. The zero-order chi connectivity index (χ0) is 19.0. The van der Waals surface area contributed by atoms with Crippen LogP contribution in [0.2, 0.25) is 0 Å². The van der Waals surface area contributed by atoms with Gasteiger partial charge in [-0.15, -0.1) is 0 Å². The summed E-state index contributed by atoms with van der Waals surface area (Å²) in [7, 11) is 0. The summed E-state index contributed by atoms with van der Waals surface area (Å²) in [6, 6.07) is 13.3. The van der Waals surface area contributed by atoms with Gasteiger partial charge in [0.25, 0.3) is 5.91 Å². The number of halogens is 3. The molecule has 0 aliphatic heterocycles. The van der Waals surface area contributed by atoms with Crippen LogP contribution in [0.25, 0.3) is 0 Å². The number of hydrogen-bond acceptors (Lipinski definition) is 4. The van der Waals surface area contributed by atoms with Crippen molar-refractivity contribution >= 4 is 11.9 Å². The van der Waals surface area contributed by atoms with Crippen LogP contribution < -0.4 is 10.1 Å². The van der Waals surface area contributed by atoms with Crippen molar-refractivity contribution in [2.75, 3.05) is 13.2 Å². The predicted molar refractivity (Wildman–Crippen MR) is 86.2 cm³/mol. The molecule has 2 aromatic carbocycles. The second-order valence-electron chi connectivity index (χ2n) is 5.24. The molecule has 0 spiro atoms. The van der Waals surface area contributed by atoms with Crippen LogP contribution in [0.15, 0.2) is 54.6 Å². The number of benzene rings is 2. The minimum atomic E-state index is -4.50. The summed E-state index contributed by atoms with van der Waals surface area (Å²) in [5.41, 5.74) is 0.00344. The van der Waals surface area contributed by atoms with E-state index in [2.05, 4.69) is 5.32 Å². The number of amides is 1. The number of esters is 1. The summed E-state index contributed by atoms with van der Waals surface area (Å²) in [6.45, 7) is -0.817. The number of alkyl halides is 3. The SMILES string of the molecule is O=C(COC(=O)COc1cccc(C(F)(F)F)c1)NCc1ccccc1. The lowest BCUT2D eigenvalue weighted by atomic mass is 10.2. The lowest BCUT2D eigenvalue weighted by Gasteiger charge is -2.10. The van der Waals surface area contributed by atoms with Gasteiger partial charge >= 0.3 is 12.1 Å². The van der Waals surface area contributed by atoms with Crippen LogP contribution in [0.1, 0.15) is 11.1 Å². The molecule has 0 saturated carbocycles. The van der Waals surface area contributed by atoms with E-state index in [1.54, 1.807) is 0 Å². The van der Waals surface area contributed by atoms with Gasteiger partial charge in [0.2, 0.25) is 0 Å². The smallest absolute Gasteiger partial charge is 0.416 e. The van der Waals surface area contributed by atoms with Gasteiger partial charge < -0.3 is 14.8 Å². The highest BCUT2D eigenvalue weighted by Crippen LogP contribution is 2.31. The largest absolute Gasteiger partial charge is 0.482 e. The third kappa shape index (κ3) is 6.46. The number of nitrogens with one attached hydrogen (secondary N) is 1. The molecule has 0 atom stereocenters. The molecular formula is C18H16F3NO4. The zero-order valence-electron chi connectivity index (χ0n) is 13.6. The Morgan fingerprint density at radius 2 is 1.69 bits per heavy atom. The first-order valence-corrected chi connectivity index (χ1v) is 7.61. The second kappa shape index (κ2) is 8.89. The van der Waals surface area contributed by atoms with Crippen LogP contribution in [0.4, 0.5) is 13.2 Å². The van der Waals surface area contributed by atoms with E-state index in [9.17, 15) is 22.8 Å². The molecular weight excluding hydrogens is 351 g/mol. The Bertz CT molecular complexity index is 748. The lowest BCUT2D eigenvalue weighted by Crippen LogP contribution is -2.29. The third-order valence-corrected chi connectivity index (χ3v) is 3.21. The van der Waals surface area contributed by atoms with Gasteiger partial charge in [-0.25, -0.2) is 4.79 Å². The third-order valence-electron chi connectivity index (χ3n) is 3.21. The number of hydrogen-bond donors (Lipinski definition) is 1.